The molecule has 0 aliphatic heterocycles. The third-order valence-corrected chi connectivity index (χ3v) is 5.02. The van der Waals surface area contributed by atoms with Crippen LogP contribution in [0.1, 0.15) is 27.4 Å². The van der Waals surface area contributed by atoms with Crippen molar-refractivity contribution in [3.8, 4) is 5.75 Å². The fraction of sp³-hybridized carbons (Fsp3) is 0.130. The molecule has 0 aliphatic carbocycles. The second-order valence-electron chi connectivity index (χ2n) is 7.24. The van der Waals surface area contributed by atoms with E-state index in [4.69, 9.17) is 20.8 Å². The molecule has 1 N–H and O–H groups in total. The maximum Gasteiger partial charge on any atom is 0.292 e. The second-order valence-corrected chi connectivity index (χ2v) is 7.68. The van der Waals surface area contributed by atoms with E-state index in [9.17, 15) is 14.9 Å². The van der Waals surface area contributed by atoms with Crippen LogP contribution in [0.15, 0.2) is 71.3 Å². The number of ether oxygens (including phenoxy) is 1. The van der Waals surface area contributed by atoms with Gasteiger partial charge in [-0.25, -0.2) is 0 Å². The van der Waals surface area contributed by atoms with E-state index in [-0.39, 0.29) is 18.1 Å². The number of hydrogen-bond acceptors (Lipinski definition) is 6. The molecule has 0 spiro atoms. The van der Waals surface area contributed by atoms with Crippen molar-refractivity contribution >= 4 is 29.0 Å². The number of aryl methyl sites for hydroxylation is 1. The van der Waals surface area contributed by atoms with Crippen LogP contribution in [-0.4, -0.2) is 20.6 Å². The molecule has 33 heavy (non-hydrogen) atoms. The molecule has 0 fully saturated rings. The van der Waals surface area contributed by atoms with E-state index >= 15 is 0 Å². The van der Waals surface area contributed by atoms with Crippen LogP contribution in [0.4, 0.5) is 11.5 Å². The van der Waals surface area contributed by atoms with Crippen LogP contribution in [0.5, 0.6) is 5.75 Å². The molecular formula is C23H19ClN4O5. The zero-order valence-corrected chi connectivity index (χ0v) is 18.3. The van der Waals surface area contributed by atoms with Crippen molar-refractivity contribution in [2.45, 2.75) is 20.1 Å². The largest absolute Gasteiger partial charge is 0.486 e. The van der Waals surface area contributed by atoms with Crippen LogP contribution < -0.4 is 10.1 Å². The van der Waals surface area contributed by atoms with Crippen molar-refractivity contribution < 1.29 is 18.9 Å². The fourth-order valence-corrected chi connectivity index (χ4v) is 3.25. The van der Waals surface area contributed by atoms with Gasteiger partial charge in [-0.3, -0.25) is 19.6 Å². The number of amides is 1. The van der Waals surface area contributed by atoms with E-state index in [0.717, 1.165) is 5.56 Å². The summed E-state index contributed by atoms with van der Waals surface area (Å²) in [5.74, 6) is 0.963. The summed E-state index contributed by atoms with van der Waals surface area (Å²) in [6.45, 7) is 2.24. The number of nitro groups is 1. The number of halogens is 1. The highest BCUT2D eigenvalue weighted by Gasteiger charge is 2.14. The van der Waals surface area contributed by atoms with Gasteiger partial charge in [-0.2, -0.15) is 5.10 Å². The number of carbonyl (C=O) groups is 1. The molecule has 0 saturated heterocycles. The average molecular weight is 467 g/mol. The van der Waals surface area contributed by atoms with Crippen molar-refractivity contribution in [1.82, 2.24) is 9.78 Å². The molecule has 9 nitrogen and oxygen atoms in total. The first kappa shape index (κ1) is 22.1. The van der Waals surface area contributed by atoms with Crippen molar-refractivity contribution in [1.29, 1.82) is 0 Å². The molecule has 4 aromatic rings. The Morgan fingerprint density at radius 3 is 2.70 bits per heavy atom. The van der Waals surface area contributed by atoms with E-state index in [0.29, 0.717) is 34.5 Å². The summed E-state index contributed by atoms with van der Waals surface area (Å²) < 4.78 is 12.9. The van der Waals surface area contributed by atoms with Gasteiger partial charge in [-0.05, 0) is 48.9 Å². The van der Waals surface area contributed by atoms with Crippen molar-refractivity contribution in [2.75, 3.05) is 5.32 Å². The summed E-state index contributed by atoms with van der Waals surface area (Å²) in [7, 11) is 0. The van der Waals surface area contributed by atoms with E-state index in [2.05, 4.69) is 10.4 Å². The molecule has 2 aromatic carbocycles. The Kier molecular flexibility index (Phi) is 6.41. The number of benzene rings is 2. The molecule has 1 amide bonds. The van der Waals surface area contributed by atoms with Crippen LogP contribution in [0.2, 0.25) is 5.02 Å². The Morgan fingerprint density at radius 1 is 1.18 bits per heavy atom. The third-order valence-electron chi connectivity index (χ3n) is 4.77. The number of nitrogens with one attached hydrogen (secondary N) is 1. The van der Waals surface area contributed by atoms with E-state index in [1.807, 2.05) is 24.3 Å². The topological polar surface area (TPSA) is 112 Å². The molecule has 0 saturated carbocycles. The molecule has 0 aliphatic rings. The first-order valence-corrected chi connectivity index (χ1v) is 10.3. The summed E-state index contributed by atoms with van der Waals surface area (Å²) >= 11 is 5.90. The number of nitro benzene ring substituents is 1. The molecule has 0 bridgehead atoms. The normalized spacial score (nSPS) is 10.7. The summed E-state index contributed by atoms with van der Waals surface area (Å²) in [5.41, 5.74) is 1.54. The Balaban J connectivity index is 1.32. The molecule has 0 unspecified atom stereocenters. The number of rotatable bonds is 8. The van der Waals surface area contributed by atoms with Gasteiger partial charge in [0.1, 0.15) is 18.1 Å². The van der Waals surface area contributed by atoms with Gasteiger partial charge < -0.3 is 14.5 Å². The van der Waals surface area contributed by atoms with Crippen molar-refractivity contribution in [3.05, 3.63) is 105 Å². The van der Waals surface area contributed by atoms with E-state index in [1.54, 1.807) is 42.1 Å². The highest BCUT2D eigenvalue weighted by Crippen LogP contribution is 2.24. The molecule has 168 valence electrons. The standard InChI is InChI=1S/C23H19ClN4O5/c1-15-12-18(6-8-20(15)28(30)31)32-14-19-7-9-21(33-19)23(29)25-22-10-11-27(26-22)13-16-2-4-17(24)5-3-16/h2-12H,13-14H2,1H3,(H,25,26,29). The maximum absolute atomic E-state index is 12.5. The van der Waals surface area contributed by atoms with Gasteiger partial charge in [0, 0.05) is 28.9 Å². The lowest BCUT2D eigenvalue weighted by molar-refractivity contribution is -0.385. The van der Waals surface area contributed by atoms with Gasteiger partial charge in [0.05, 0.1) is 11.5 Å². The fourth-order valence-electron chi connectivity index (χ4n) is 3.13. The van der Waals surface area contributed by atoms with Crippen LogP contribution in [0.3, 0.4) is 0 Å². The number of anilines is 1. The molecule has 0 atom stereocenters. The quantitative estimate of drug-likeness (QED) is 0.281. The lowest BCUT2D eigenvalue weighted by Gasteiger charge is -2.05. The summed E-state index contributed by atoms with van der Waals surface area (Å²) in [5, 5.41) is 18.6. The number of furan rings is 1. The van der Waals surface area contributed by atoms with Crippen LogP contribution >= 0.6 is 11.6 Å². The lowest BCUT2D eigenvalue weighted by Crippen LogP contribution is -2.12. The molecule has 4 rings (SSSR count). The Labute approximate surface area is 193 Å². The lowest BCUT2D eigenvalue weighted by atomic mass is 10.2. The second kappa shape index (κ2) is 9.58. The Bertz CT molecular complexity index is 1300. The molecule has 2 aromatic heterocycles. The predicted octanol–water partition coefficient (Wildman–Crippen LogP) is 5.23. The summed E-state index contributed by atoms with van der Waals surface area (Å²) in [6.07, 6.45) is 1.76. The van der Waals surface area contributed by atoms with E-state index in [1.165, 1.54) is 12.1 Å². The zero-order valence-electron chi connectivity index (χ0n) is 17.5. The SMILES string of the molecule is Cc1cc(OCc2ccc(C(=O)Nc3ccn(Cc4ccc(Cl)cc4)n3)o2)ccc1[N+](=O)[O-]. The molecule has 0 radical (unpaired) electrons. The summed E-state index contributed by atoms with van der Waals surface area (Å²) in [4.78, 5) is 22.9. The van der Waals surface area contributed by atoms with Gasteiger partial charge in [0.25, 0.3) is 11.6 Å². The molecular weight excluding hydrogens is 448 g/mol. The van der Waals surface area contributed by atoms with Crippen molar-refractivity contribution in [2.24, 2.45) is 0 Å². The van der Waals surface area contributed by atoms with Crippen LogP contribution in [-0.2, 0) is 13.2 Å². The van der Waals surface area contributed by atoms with Gasteiger partial charge >= 0.3 is 0 Å². The molecule has 2 heterocycles. The Hall–Kier alpha value is -4.11. The monoisotopic (exact) mass is 466 g/mol. The minimum absolute atomic E-state index is 0.0231. The van der Waals surface area contributed by atoms with Gasteiger partial charge in [-0.15, -0.1) is 0 Å². The number of aromatic nitrogens is 2. The van der Waals surface area contributed by atoms with Crippen molar-refractivity contribution in [3.63, 3.8) is 0 Å². The molecule has 10 heteroatoms. The zero-order chi connectivity index (χ0) is 23.4. The predicted molar refractivity (Wildman–Crippen MR) is 122 cm³/mol. The first-order valence-electron chi connectivity index (χ1n) is 9.93. The highest BCUT2D eigenvalue weighted by molar-refractivity contribution is 6.30. The number of nitrogens with zero attached hydrogens (tertiary/aromatic N) is 3. The van der Waals surface area contributed by atoms with E-state index < -0.39 is 10.8 Å². The minimum atomic E-state index is -0.447. The highest BCUT2D eigenvalue weighted by atomic mass is 35.5. The van der Waals surface area contributed by atoms with Gasteiger partial charge in [0.2, 0.25) is 0 Å². The number of hydrogen-bond donors (Lipinski definition) is 1. The van der Waals surface area contributed by atoms with Gasteiger partial charge in [0.15, 0.2) is 11.6 Å². The van der Waals surface area contributed by atoms with Crippen LogP contribution in [0.25, 0.3) is 0 Å². The summed E-state index contributed by atoms with van der Waals surface area (Å²) in [6, 6.07) is 16.8. The van der Waals surface area contributed by atoms with Crippen LogP contribution in [0, 0.1) is 17.0 Å². The average Bonchev–Trinajstić information content (AvgIpc) is 3.43. The number of carbonyl (C=O) groups excluding carboxylic acids is 1. The Morgan fingerprint density at radius 2 is 1.97 bits per heavy atom. The van der Waals surface area contributed by atoms with Gasteiger partial charge in [-0.1, -0.05) is 23.7 Å². The maximum atomic E-state index is 12.5. The smallest absolute Gasteiger partial charge is 0.292 e. The third kappa shape index (κ3) is 5.58. The first-order chi connectivity index (χ1) is 15.9. The minimum Gasteiger partial charge on any atom is -0.486 e.